The Morgan fingerprint density at radius 1 is 1.36 bits per heavy atom. The first-order valence-corrected chi connectivity index (χ1v) is 7.59. The maximum atomic E-state index is 12.6. The number of rotatable bonds is 4. The molecule has 0 radical (unpaired) electrons. The van der Waals surface area contributed by atoms with Crippen LogP contribution < -0.4 is 5.73 Å². The SMILES string of the molecule is NC(=O)c1cn[nH]c1[C@H]1CCCN1C(=O)CN1CCOCC1. The van der Waals surface area contributed by atoms with Crippen molar-refractivity contribution in [1.29, 1.82) is 0 Å². The van der Waals surface area contributed by atoms with E-state index in [9.17, 15) is 9.59 Å². The number of likely N-dealkylation sites (tertiary alicyclic amines) is 1. The lowest BCUT2D eigenvalue weighted by molar-refractivity contribution is -0.134. The van der Waals surface area contributed by atoms with Gasteiger partial charge >= 0.3 is 0 Å². The number of nitrogens with one attached hydrogen (secondary N) is 1. The van der Waals surface area contributed by atoms with Crippen LogP contribution in [0.5, 0.6) is 0 Å². The fourth-order valence-corrected chi connectivity index (χ4v) is 3.15. The highest BCUT2D eigenvalue weighted by Crippen LogP contribution is 2.32. The number of hydrogen-bond acceptors (Lipinski definition) is 5. The van der Waals surface area contributed by atoms with Crippen LogP contribution in [0, 0.1) is 0 Å². The Hall–Kier alpha value is -1.93. The molecule has 1 aromatic rings. The summed E-state index contributed by atoms with van der Waals surface area (Å²) in [7, 11) is 0. The standard InChI is InChI=1S/C14H21N5O3/c15-14(21)10-8-16-17-13(10)11-2-1-3-19(11)12(20)9-18-4-6-22-7-5-18/h8,11H,1-7,9H2,(H2,15,21)(H,16,17)/t11-/m1/s1. The lowest BCUT2D eigenvalue weighted by Gasteiger charge is -2.30. The van der Waals surface area contributed by atoms with E-state index in [1.807, 2.05) is 4.90 Å². The molecule has 0 saturated carbocycles. The van der Waals surface area contributed by atoms with Crippen molar-refractivity contribution in [2.45, 2.75) is 18.9 Å². The second kappa shape index (κ2) is 6.45. The monoisotopic (exact) mass is 307 g/mol. The zero-order valence-electron chi connectivity index (χ0n) is 12.5. The minimum Gasteiger partial charge on any atom is -0.379 e. The van der Waals surface area contributed by atoms with Crippen molar-refractivity contribution in [2.75, 3.05) is 39.4 Å². The minimum absolute atomic E-state index is 0.0782. The lowest BCUT2D eigenvalue weighted by Crippen LogP contribution is -2.44. The van der Waals surface area contributed by atoms with Gasteiger partial charge in [-0.05, 0) is 12.8 Å². The minimum atomic E-state index is -0.517. The molecule has 2 fully saturated rings. The molecule has 0 unspecified atom stereocenters. The number of nitrogens with two attached hydrogens (primary N) is 1. The smallest absolute Gasteiger partial charge is 0.252 e. The summed E-state index contributed by atoms with van der Waals surface area (Å²) in [6.07, 6.45) is 3.16. The van der Waals surface area contributed by atoms with Gasteiger partial charge in [0.1, 0.15) is 0 Å². The molecule has 0 aliphatic carbocycles. The van der Waals surface area contributed by atoms with Gasteiger partial charge < -0.3 is 15.4 Å². The Morgan fingerprint density at radius 3 is 2.86 bits per heavy atom. The average molecular weight is 307 g/mol. The Kier molecular flexibility index (Phi) is 4.39. The number of hydrogen-bond donors (Lipinski definition) is 2. The summed E-state index contributed by atoms with van der Waals surface area (Å²) in [5.41, 5.74) is 6.40. The van der Waals surface area contributed by atoms with E-state index in [1.165, 1.54) is 6.20 Å². The molecule has 3 rings (SSSR count). The van der Waals surface area contributed by atoms with E-state index in [-0.39, 0.29) is 11.9 Å². The topological polar surface area (TPSA) is 105 Å². The van der Waals surface area contributed by atoms with Gasteiger partial charge in [0.05, 0.1) is 43.3 Å². The molecule has 0 bridgehead atoms. The first-order valence-electron chi connectivity index (χ1n) is 7.59. The lowest BCUT2D eigenvalue weighted by atomic mass is 10.1. The van der Waals surface area contributed by atoms with Crippen LogP contribution in [0.2, 0.25) is 0 Å². The van der Waals surface area contributed by atoms with Crippen molar-refractivity contribution in [3.8, 4) is 0 Å². The molecule has 0 aromatic carbocycles. The Balaban J connectivity index is 1.70. The highest BCUT2D eigenvalue weighted by molar-refractivity contribution is 5.94. The largest absolute Gasteiger partial charge is 0.379 e. The van der Waals surface area contributed by atoms with Crippen LogP contribution in [0.4, 0.5) is 0 Å². The van der Waals surface area contributed by atoms with Crippen molar-refractivity contribution in [3.05, 3.63) is 17.5 Å². The van der Waals surface area contributed by atoms with Gasteiger partial charge in [-0.25, -0.2) is 0 Å². The molecule has 2 amide bonds. The van der Waals surface area contributed by atoms with Crippen LogP contribution in [0.15, 0.2) is 6.20 Å². The molecule has 2 aliphatic heterocycles. The summed E-state index contributed by atoms with van der Waals surface area (Å²) in [5.74, 6) is -0.439. The number of H-pyrrole nitrogens is 1. The molecular weight excluding hydrogens is 286 g/mol. The number of primary amides is 1. The van der Waals surface area contributed by atoms with E-state index in [4.69, 9.17) is 10.5 Å². The highest BCUT2D eigenvalue weighted by Gasteiger charge is 2.34. The predicted molar refractivity (Wildman–Crippen MR) is 78.1 cm³/mol. The quantitative estimate of drug-likeness (QED) is 0.780. The molecule has 3 heterocycles. The van der Waals surface area contributed by atoms with Crippen LogP contribution >= 0.6 is 0 Å². The van der Waals surface area contributed by atoms with Gasteiger partial charge in [-0.3, -0.25) is 19.6 Å². The predicted octanol–water partition coefficient (Wildman–Crippen LogP) is -0.496. The average Bonchev–Trinajstić information content (AvgIpc) is 3.16. The maximum absolute atomic E-state index is 12.6. The summed E-state index contributed by atoms with van der Waals surface area (Å²) in [6.45, 7) is 3.98. The number of carbonyl (C=O) groups is 2. The third-order valence-corrected chi connectivity index (χ3v) is 4.30. The summed E-state index contributed by atoms with van der Waals surface area (Å²) < 4.78 is 5.30. The zero-order valence-corrected chi connectivity index (χ0v) is 12.5. The number of ether oxygens (including phenoxy) is 1. The van der Waals surface area contributed by atoms with Crippen LogP contribution in [0.1, 0.15) is 34.9 Å². The van der Waals surface area contributed by atoms with Gasteiger partial charge in [0.25, 0.3) is 5.91 Å². The zero-order chi connectivity index (χ0) is 15.5. The molecule has 8 heteroatoms. The molecule has 120 valence electrons. The van der Waals surface area contributed by atoms with Gasteiger partial charge in [-0.15, -0.1) is 0 Å². The van der Waals surface area contributed by atoms with Gasteiger partial charge in [0.15, 0.2) is 0 Å². The summed E-state index contributed by atoms with van der Waals surface area (Å²) in [6, 6.07) is -0.140. The van der Waals surface area contributed by atoms with E-state index < -0.39 is 5.91 Å². The first kappa shape index (κ1) is 15.0. The fraction of sp³-hybridized carbons (Fsp3) is 0.643. The first-order chi connectivity index (χ1) is 10.7. The molecule has 8 nitrogen and oxygen atoms in total. The Morgan fingerprint density at radius 2 is 2.14 bits per heavy atom. The maximum Gasteiger partial charge on any atom is 0.252 e. The third kappa shape index (κ3) is 2.97. The molecular formula is C14H21N5O3. The summed E-state index contributed by atoms with van der Waals surface area (Å²) in [5, 5.41) is 6.75. The number of carbonyl (C=O) groups excluding carboxylic acids is 2. The number of nitrogens with zero attached hydrogens (tertiary/aromatic N) is 3. The molecule has 1 atom stereocenters. The van der Waals surface area contributed by atoms with Gasteiger partial charge in [-0.2, -0.15) is 5.10 Å². The Bertz CT molecular complexity index is 552. The van der Waals surface area contributed by atoms with Crippen LogP contribution in [0.25, 0.3) is 0 Å². The summed E-state index contributed by atoms with van der Waals surface area (Å²) >= 11 is 0. The van der Waals surface area contributed by atoms with Crippen molar-refractivity contribution in [3.63, 3.8) is 0 Å². The van der Waals surface area contributed by atoms with Gasteiger partial charge in [0.2, 0.25) is 5.91 Å². The number of aromatic amines is 1. The number of amides is 2. The van der Waals surface area contributed by atoms with Crippen molar-refractivity contribution in [2.24, 2.45) is 5.73 Å². The molecule has 2 aliphatic rings. The van der Waals surface area contributed by atoms with Crippen molar-refractivity contribution >= 4 is 11.8 Å². The molecule has 1 aromatic heterocycles. The van der Waals surface area contributed by atoms with Crippen LogP contribution in [-0.4, -0.2) is 71.2 Å². The number of morpholine rings is 1. The molecule has 0 spiro atoms. The summed E-state index contributed by atoms with van der Waals surface area (Å²) in [4.78, 5) is 28.0. The van der Waals surface area contributed by atoms with E-state index in [1.54, 1.807) is 0 Å². The second-order valence-corrected chi connectivity index (χ2v) is 5.70. The third-order valence-electron chi connectivity index (χ3n) is 4.30. The number of aromatic nitrogens is 2. The Labute approximate surface area is 128 Å². The second-order valence-electron chi connectivity index (χ2n) is 5.70. The van der Waals surface area contributed by atoms with E-state index >= 15 is 0 Å². The van der Waals surface area contributed by atoms with E-state index in [2.05, 4.69) is 15.1 Å². The van der Waals surface area contributed by atoms with Crippen LogP contribution in [0.3, 0.4) is 0 Å². The molecule has 2 saturated heterocycles. The molecule has 3 N–H and O–H groups in total. The molecule has 22 heavy (non-hydrogen) atoms. The highest BCUT2D eigenvalue weighted by atomic mass is 16.5. The van der Waals surface area contributed by atoms with Gasteiger partial charge in [0, 0.05) is 19.6 Å². The normalized spacial score (nSPS) is 22.9. The van der Waals surface area contributed by atoms with Crippen molar-refractivity contribution < 1.29 is 14.3 Å². The van der Waals surface area contributed by atoms with Crippen molar-refractivity contribution in [1.82, 2.24) is 20.0 Å². The van der Waals surface area contributed by atoms with E-state index in [0.29, 0.717) is 37.6 Å². The van der Waals surface area contributed by atoms with E-state index in [0.717, 1.165) is 25.9 Å². The van der Waals surface area contributed by atoms with Crippen LogP contribution in [-0.2, 0) is 9.53 Å². The fourth-order valence-electron chi connectivity index (χ4n) is 3.15. The van der Waals surface area contributed by atoms with Gasteiger partial charge in [-0.1, -0.05) is 0 Å².